The molecule has 3 nitrogen and oxygen atoms in total. The maximum absolute atomic E-state index is 10.6. The Hall–Kier alpha value is -1.68. The number of nitrogens with zero attached hydrogens (tertiary/aromatic N) is 2. The Morgan fingerprint density at radius 3 is 2.50 bits per heavy atom. The van der Waals surface area contributed by atoms with Gasteiger partial charge in [-0.05, 0) is 11.1 Å². The molecule has 0 N–H and O–H groups in total. The van der Waals surface area contributed by atoms with Crippen molar-refractivity contribution in [3.8, 4) is 0 Å². The zero-order valence-electron chi connectivity index (χ0n) is 8.59. The quantitative estimate of drug-likeness (QED) is 0.743. The van der Waals surface area contributed by atoms with E-state index < -0.39 is 0 Å². The highest BCUT2D eigenvalue weighted by atomic mass is 32.1. The highest BCUT2D eigenvalue weighted by molar-refractivity contribution is 7.13. The summed E-state index contributed by atoms with van der Waals surface area (Å²) in [5.74, 6) is 0. The van der Waals surface area contributed by atoms with Crippen LogP contribution in [0.1, 0.15) is 21.6 Å². The summed E-state index contributed by atoms with van der Waals surface area (Å²) in [6.07, 6.45) is 0.795. The van der Waals surface area contributed by atoms with Crippen LogP contribution in [0.4, 0.5) is 5.13 Å². The fraction of sp³-hybridized carbons (Fsp3) is 0.167. The molecule has 3 rings (SSSR count). The third kappa shape index (κ3) is 1.51. The average molecular weight is 230 g/mol. The first kappa shape index (κ1) is 9.54. The van der Waals surface area contributed by atoms with Crippen molar-refractivity contribution in [3.63, 3.8) is 0 Å². The van der Waals surface area contributed by atoms with Crippen LogP contribution >= 0.6 is 11.3 Å². The van der Waals surface area contributed by atoms with Gasteiger partial charge in [0.2, 0.25) is 0 Å². The van der Waals surface area contributed by atoms with Gasteiger partial charge in [-0.15, -0.1) is 11.3 Å². The summed E-state index contributed by atoms with van der Waals surface area (Å²) >= 11 is 1.53. The molecule has 0 radical (unpaired) electrons. The Balaban J connectivity index is 1.88. The molecule has 0 amide bonds. The molecule has 0 saturated heterocycles. The van der Waals surface area contributed by atoms with E-state index in [2.05, 4.69) is 34.1 Å². The van der Waals surface area contributed by atoms with Crippen LogP contribution in [0.25, 0.3) is 0 Å². The number of hydrogen-bond donors (Lipinski definition) is 0. The highest BCUT2D eigenvalue weighted by Crippen LogP contribution is 2.29. The Bertz CT molecular complexity index is 510. The molecule has 1 aliphatic heterocycles. The Labute approximate surface area is 97.4 Å². The van der Waals surface area contributed by atoms with Gasteiger partial charge in [-0.1, -0.05) is 24.3 Å². The van der Waals surface area contributed by atoms with Crippen molar-refractivity contribution < 1.29 is 4.79 Å². The van der Waals surface area contributed by atoms with Crippen LogP contribution in [-0.2, 0) is 13.1 Å². The van der Waals surface area contributed by atoms with E-state index in [-0.39, 0.29) is 0 Å². The molecule has 0 bridgehead atoms. The Morgan fingerprint density at radius 2 is 1.94 bits per heavy atom. The minimum absolute atomic E-state index is 0.524. The number of thiazole rings is 1. The standard InChI is InChI=1S/C12H10N2OS/c15-7-11-8-16-12(13-11)14-5-9-3-1-2-4-10(9)6-14/h1-4,7-8H,5-6H2. The van der Waals surface area contributed by atoms with E-state index in [0.29, 0.717) is 5.69 Å². The molecule has 2 aromatic rings. The molecular weight excluding hydrogens is 220 g/mol. The van der Waals surface area contributed by atoms with Crippen molar-refractivity contribution in [2.45, 2.75) is 13.1 Å². The second-order valence-corrected chi connectivity index (χ2v) is 4.63. The lowest BCUT2D eigenvalue weighted by Crippen LogP contribution is -2.14. The van der Waals surface area contributed by atoms with Crippen molar-refractivity contribution in [2.75, 3.05) is 4.90 Å². The number of rotatable bonds is 2. The lowest BCUT2D eigenvalue weighted by atomic mass is 10.1. The summed E-state index contributed by atoms with van der Waals surface area (Å²) in [7, 11) is 0. The summed E-state index contributed by atoms with van der Waals surface area (Å²) in [5, 5.41) is 2.73. The number of anilines is 1. The summed E-state index contributed by atoms with van der Waals surface area (Å²) < 4.78 is 0. The fourth-order valence-electron chi connectivity index (χ4n) is 1.94. The molecule has 0 saturated carbocycles. The summed E-state index contributed by atoms with van der Waals surface area (Å²) in [5.41, 5.74) is 3.23. The van der Waals surface area contributed by atoms with Gasteiger partial charge in [0.05, 0.1) is 0 Å². The van der Waals surface area contributed by atoms with Crippen LogP contribution in [-0.4, -0.2) is 11.3 Å². The number of fused-ring (bicyclic) bond motifs is 1. The van der Waals surface area contributed by atoms with Crippen molar-refractivity contribution in [3.05, 3.63) is 46.5 Å². The highest BCUT2D eigenvalue weighted by Gasteiger charge is 2.20. The van der Waals surface area contributed by atoms with E-state index in [1.54, 1.807) is 5.38 Å². The zero-order valence-corrected chi connectivity index (χ0v) is 9.41. The third-order valence-electron chi connectivity index (χ3n) is 2.74. The normalized spacial score (nSPS) is 13.9. The van der Waals surface area contributed by atoms with Gasteiger partial charge in [-0.2, -0.15) is 0 Å². The fourth-order valence-corrected chi connectivity index (χ4v) is 2.71. The van der Waals surface area contributed by atoms with Gasteiger partial charge in [0.15, 0.2) is 11.4 Å². The second kappa shape index (κ2) is 3.72. The molecule has 80 valence electrons. The number of carbonyl (C=O) groups is 1. The van der Waals surface area contributed by atoms with Gasteiger partial charge in [-0.25, -0.2) is 4.98 Å². The topological polar surface area (TPSA) is 33.2 Å². The van der Waals surface area contributed by atoms with Crippen LogP contribution in [0.2, 0.25) is 0 Å². The monoisotopic (exact) mass is 230 g/mol. The predicted molar refractivity (Wildman–Crippen MR) is 63.8 cm³/mol. The molecule has 0 aliphatic carbocycles. The molecule has 2 heterocycles. The first-order valence-electron chi connectivity index (χ1n) is 5.09. The smallest absolute Gasteiger partial charge is 0.186 e. The molecule has 4 heteroatoms. The van der Waals surface area contributed by atoms with E-state index in [1.165, 1.54) is 22.5 Å². The minimum Gasteiger partial charge on any atom is -0.339 e. The average Bonchev–Trinajstić information content (AvgIpc) is 2.95. The SMILES string of the molecule is O=Cc1csc(N2Cc3ccccc3C2)n1. The summed E-state index contributed by atoms with van der Waals surface area (Å²) in [6.45, 7) is 1.78. The molecule has 1 aromatic carbocycles. The molecule has 0 atom stereocenters. The third-order valence-corrected chi connectivity index (χ3v) is 3.66. The Kier molecular flexibility index (Phi) is 2.22. The number of aromatic nitrogens is 1. The van der Waals surface area contributed by atoms with Crippen LogP contribution in [0, 0.1) is 0 Å². The summed E-state index contributed by atoms with van der Waals surface area (Å²) in [6, 6.07) is 8.40. The molecule has 16 heavy (non-hydrogen) atoms. The minimum atomic E-state index is 0.524. The molecule has 1 aliphatic rings. The van der Waals surface area contributed by atoms with Crippen molar-refractivity contribution in [2.24, 2.45) is 0 Å². The van der Waals surface area contributed by atoms with E-state index in [9.17, 15) is 4.79 Å². The van der Waals surface area contributed by atoms with Crippen LogP contribution < -0.4 is 4.90 Å². The van der Waals surface area contributed by atoms with E-state index in [1.807, 2.05) is 0 Å². The lowest BCUT2D eigenvalue weighted by Gasteiger charge is -2.12. The van der Waals surface area contributed by atoms with Gasteiger partial charge in [-0.3, -0.25) is 4.79 Å². The maximum Gasteiger partial charge on any atom is 0.186 e. The molecule has 0 fully saturated rings. The zero-order chi connectivity index (χ0) is 11.0. The Morgan fingerprint density at radius 1 is 1.25 bits per heavy atom. The van der Waals surface area contributed by atoms with Crippen molar-refractivity contribution >= 4 is 22.8 Å². The van der Waals surface area contributed by atoms with Crippen LogP contribution in [0.5, 0.6) is 0 Å². The molecule has 0 spiro atoms. The number of hydrogen-bond acceptors (Lipinski definition) is 4. The summed E-state index contributed by atoms with van der Waals surface area (Å²) in [4.78, 5) is 17.0. The van der Waals surface area contributed by atoms with Gasteiger partial charge in [0.25, 0.3) is 0 Å². The van der Waals surface area contributed by atoms with Crippen molar-refractivity contribution in [1.29, 1.82) is 0 Å². The largest absolute Gasteiger partial charge is 0.339 e. The van der Waals surface area contributed by atoms with Gasteiger partial charge in [0, 0.05) is 18.5 Å². The second-order valence-electron chi connectivity index (χ2n) is 3.80. The molecule has 0 unspecified atom stereocenters. The number of benzene rings is 1. The first-order valence-corrected chi connectivity index (χ1v) is 5.97. The van der Waals surface area contributed by atoms with E-state index >= 15 is 0 Å². The van der Waals surface area contributed by atoms with E-state index in [4.69, 9.17) is 0 Å². The number of carbonyl (C=O) groups excluding carboxylic acids is 1. The van der Waals surface area contributed by atoms with Crippen LogP contribution in [0.3, 0.4) is 0 Å². The lowest BCUT2D eigenvalue weighted by molar-refractivity contribution is 0.111. The van der Waals surface area contributed by atoms with Crippen LogP contribution in [0.15, 0.2) is 29.6 Å². The molecular formula is C12H10N2OS. The first-order chi connectivity index (χ1) is 7.86. The van der Waals surface area contributed by atoms with Gasteiger partial charge in [0.1, 0.15) is 5.69 Å². The van der Waals surface area contributed by atoms with Gasteiger partial charge < -0.3 is 4.90 Å². The van der Waals surface area contributed by atoms with Crippen molar-refractivity contribution in [1.82, 2.24) is 4.98 Å². The van der Waals surface area contributed by atoms with E-state index in [0.717, 1.165) is 24.5 Å². The predicted octanol–water partition coefficient (Wildman–Crippen LogP) is 2.48. The van der Waals surface area contributed by atoms with Gasteiger partial charge >= 0.3 is 0 Å². The maximum atomic E-state index is 10.6. The number of aldehydes is 1. The molecule has 1 aromatic heterocycles.